The van der Waals surface area contributed by atoms with Gasteiger partial charge in [0.05, 0.1) is 5.69 Å². The third-order valence-corrected chi connectivity index (χ3v) is 3.90. The number of amides is 1. The molecule has 2 rings (SSSR count). The maximum atomic E-state index is 11.9. The zero-order chi connectivity index (χ0) is 12.6. The Hall–Kier alpha value is -1.50. The Morgan fingerprint density at radius 1 is 1.53 bits per heavy atom. The number of hydrogen-bond acceptors (Lipinski definition) is 5. The van der Waals surface area contributed by atoms with Gasteiger partial charge in [0.1, 0.15) is 10.4 Å². The first-order valence-corrected chi connectivity index (χ1v) is 6.07. The number of carboxylic acids is 1. The highest BCUT2D eigenvalue weighted by atomic mass is 32.1. The summed E-state index contributed by atoms with van der Waals surface area (Å²) in [6.07, 6.45) is 1.67. The lowest BCUT2D eigenvalue weighted by atomic mass is 9.96. The van der Waals surface area contributed by atoms with Gasteiger partial charge in [0.25, 0.3) is 5.91 Å². The van der Waals surface area contributed by atoms with Gasteiger partial charge in [-0.3, -0.25) is 4.79 Å². The number of aryl methyl sites for hydroxylation is 1. The molecule has 0 bridgehead atoms. The summed E-state index contributed by atoms with van der Waals surface area (Å²) in [6, 6.07) is 0. The molecule has 0 spiro atoms. The molecule has 1 saturated carbocycles. The number of rotatable bonds is 4. The third-order valence-electron chi connectivity index (χ3n) is 3.07. The predicted molar refractivity (Wildman–Crippen MR) is 60.9 cm³/mol. The Morgan fingerprint density at radius 3 is 2.59 bits per heavy atom. The van der Waals surface area contributed by atoms with E-state index in [1.807, 2.05) is 0 Å². The molecule has 92 valence electrons. The van der Waals surface area contributed by atoms with Crippen molar-refractivity contribution in [3.63, 3.8) is 0 Å². The van der Waals surface area contributed by atoms with E-state index in [1.54, 1.807) is 13.8 Å². The van der Waals surface area contributed by atoms with Crippen LogP contribution in [-0.2, 0) is 4.79 Å². The van der Waals surface area contributed by atoms with Crippen molar-refractivity contribution in [3.05, 3.63) is 10.6 Å². The first-order valence-electron chi connectivity index (χ1n) is 5.30. The molecule has 1 amide bonds. The number of aromatic nitrogens is 2. The largest absolute Gasteiger partial charge is 0.480 e. The quantitative estimate of drug-likeness (QED) is 0.831. The second kappa shape index (κ2) is 4.06. The van der Waals surface area contributed by atoms with E-state index in [1.165, 1.54) is 0 Å². The lowest BCUT2D eigenvalue weighted by molar-refractivity contribution is -0.144. The van der Waals surface area contributed by atoms with E-state index in [0.717, 1.165) is 24.4 Å². The van der Waals surface area contributed by atoms with Gasteiger partial charge in [0.2, 0.25) is 0 Å². The van der Waals surface area contributed by atoms with Crippen molar-refractivity contribution in [2.45, 2.75) is 32.2 Å². The van der Waals surface area contributed by atoms with Crippen molar-refractivity contribution in [2.24, 2.45) is 5.92 Å². The fraction of sp³-hybridized carbons (Fsp3) is 0.600. The Labute approximate surface area is 102 Å². The van der Waals surface area contributed by atoms with Crippen LogP contribution in [-0.4, -0.2) is 32.1 Å². The average molecular weight is 255 g/mol. The van der Waals surface area contributed by atoms with E-state index in [-0.39, 0.29) is 5.92 Å². The summed E-state index contributed by atoms with van der Waals surface area (Å²) >= 11 is 0.976. The second-order valence-corrected chi connectivity index (χ2v) is 5.18. The summed E-state index contributed by atoms with van der Waals surface area (Å²) in [7, 11) is 0. The fourth-order valence-corrected chi connectivity index (χ4v) is 2.27. The zero-order valence-corrected chi connectivity index (χ0v) is 10.4. The zero-order valence-electron chi connectivity index (χ0n) is 9.56. The summed E-state index contributed by atoms with van der Waals surface area (Å²) in [5.74, 6) is -1.39. The van der Waals surface area contributed by atoms with Gasteiger partial charge in [-0.15, -0.1) is 5.10 Å². The molecule has 1 fully saturated rings. The molecule has 0 aliphatic heterocycles. The fourth-order valence-electron chi connectivity index (χ4n) is 1.72. The number of hydrogen-bond donors (Lipinski definition) is 2. The smallest absolute Gasteiger partial charge is 0.329 e. The van der Waals surface area contributed by atoms with Gasteiger partial charge in [-0.1, -0.05) is 4.49 Å². The summed E-state index contributed by atoms with van der Waals surface area (Å²) in [5, 5.41) is 15.5. The lowest BCUT2D eigenvalue weighted by Gasteiger charge is -2.25. The van der Waals surface area contributed by atoms with Crippen LogP contribution >= 0.6 is 11.5 Å². The molecule has 7 heteroatoms. The molecular weight excluding hydrogens is 242 g/mol. The van der Waals surface area contributed by atoms with Crippen molar-refractivity contribution in [1.82, 2.24) is 14.9 Å². The van der Waals surface area contributed by atoms with E-state index < -0.39 is 17.4 Å². The van der Waals surface area contributed by atoms with Crippen LogP contribution in [0.2, 0.25) is 0 Å². The first-order chi connectivity index (χ1) is 7.95. The molecule has 1 aliphatic carbocycles. The van der Waals surface area contributed by atoms with Crippen molar-refractivity contribution in [2.75, 3.05) is 0 Å². The number of aliphatic carboxylic acids is 1. The van der Waals surface area contributed by atoms with Crippen LogP contribution in [0.15, 0.2) is 0 Å². The van der Waals surface area contributed by atoms with Gasteiger partial charge in [0, 0.05) is 0 Å². The minimum Gasteiger partial charge on any atom is -0.480 e. The summed E-state index contributed by atoms with van der Waals surface area (Å²) in [4.78, 5) is 23.6. The SMILES string of the molecule is Cc1nnsc1C(=O)N[C@](C)(C(=O)O)C1CC1. The Balaban J connectivity index is 2.17. The summed E-state index contributed by atoms with van der Waals surface area (Å²) in [5.41, 5.74) is -0.663. The van der Waals surface area contributed by atoms with Crippen LogP contribution in [0.25, 0.3) is 0 Å². The van der Waals surface area contributed by atoms with Crippen molar-refractivity contribution in [1.29, 1.82) is 0 Å². The molecule has 0 radical (unpaired) electrons. The Bertz CT molecular complexity index is 469. The second-order valence-electron chi connectivity index (χ2n) is 4.42. The predicted octanol–water partition coefficient (Wildman–Crippen LogP) is 0.830. The van der Waals surface area contributed by atoms with Crippen LogP contribution < -0.4 is 5.32 Å². The van der Waals surface area contributed by atoms with Crippen LogP contribution in [0.3, 0.4) is 0 Å². The van der Waals surface area contributed by atoms with Crippen molar-refractivity contribution < 1.29 is 14.7 Å². The molecule has 0 saturated heterocycles. The van der Waals surface area contributed by atoms with Crippen LogP contribution in [0, 0.1) is 12.8 Å². The number of carboxylic acid groups (broad SMARTS) is 1. The van der Waals surface area contributed by atoms with E-state index >= 15 is 0 Å². The molecule has 1 aliphatic rings. The summed E-state index contributed by atoms with van der Waals surface area (Å²) in [6.45, 7) is 3.22. The molecule has 2 N–H and O–H groups in total. The van der Waals surface area contributed by atoms with Gasteiger partial charge in [-0.2, -0.15) is 0 Å². The Kier molecular flexibility index (Phi) is 2.86. The Morgan fingerprint density at radius 2 is 2.18 bits per heavy atom. The molecular formula is C10H13N3O3S. The molecule has 1 atom stereocenters. The monoisotopic (exact) mass is 255 g/mol. The first kappa shape index (κ1) is 12.0. The molecule has 6 nitrogen and oxygen atoms in total. The molecule has 0 unspecified atom stereocenters. The van der Waals surface area contributed by atoms with Gasteiger partial charge >= 0.3 is 5.97 Å². The highest BCUT2D eigenvalue weighted by molar-refractivity contribution is 7.08. The minimum absolute atomic E-state index is 0.0186. The van der Waals surface area contributed by atoms with Gasteiger partial charge < -0.3 is 10.4 Å². The number of carbonyl (C=O) groups is 2. The van der Waals surface area contributed by atoms with E-state index in [9.17, 15) is 14.7 Å². The van der Waals surface area contributed by atoms with E-state index in [2.05, 4.69) is 14.9 Å². The van der Waals surface area contributed by atoms with Gasteiger partial charge in [-0.05, 0) is 44.1 Å². The number of nitrogens with one attached hydrogen (secondary N) is 1. The van der Waals surface area contributed by atoms with Crippen molar-refractivity contribution >= 4 is 23.4 Å². The van der Waals surface area contributed by atoms with E-state index in [0.29, 0.717) is 10.6 Å². The molecule has 1 heterocycles. The van der Waals surface area contributed by atoms with Gasteiger partial charge in [0.15, 0.2) is 0 Å². The highest BCUT2D eigenvalue weighted by Gasteiger charge is 2.48. The lowest BCUT2D eigenvalue weighted by Crippen LogP contribution is -2.54. The molecule has 1 aromatic heterocycles. The highest BCUT2D eigenvalue weighted by Crippen LogP contribution is 2.39. The average Bonchev–Trinajstić information content (AvgIpc) is 3.01. The normalized spacial score (nSPS) is 18.5. The van der Waals surface area contributed by atoms with Crippen LogP contribution in [0.5, 0.6) is 0 Å². The number of carbonyl (C=O) groups excluding carboxylic acids is 1. The molecule has 0 aromatic carbocycles. The maximum absolute atomic E-state index is 11.9. The topological polar surface area (TPSA) is 92.2 Å². The minimum atomic E-state index is -1.19. The summed E-state index contributed by atoms with van der Waals surface area (Å²) < 4.78 is 3.66. The van der Waals surface area contributed by atoms with Crippen LogP contribution in [0.1, 0.15) is 35.1 Å². The number of nitrogens with zero attached hydrogens (tertiary/aromatic N) is 2. The van der Waals surface area contributed by atoms with Gasteiger partial charge in [-0.25, -0.2) is 4.79 Å². The maximum Gasteiger partial charge on any atom is 0.329 e. The van der Waals surface area contributed by atoms with E-state index in [4.69, 9.17) is 0 Å². The third kappa shape index (κ3) is 2.14. The molecule has 1 aromatic rings. The van der Waals surface area contributed by atoms with Crippen LogP contribution in [0.4, 0.5) is 0 Å². The standard InChI is InChI=1S/C10H13N3O3S/c1-5-7(17-13-12-5)8(14)11-10(2,9(15)16)6-3-4-6/h6H,3-4H2,1-2H3,(H,11,14)(H,15,16)/t10-/m0/s1. The van der Waals surface area contributed by atoms with Crippen molar-refractivity contribution in [3.8, 4) is 0 Å². The molecule has 17 heavy (non-hydrogen) atoms.